The van der Waals surface area contributed by atoms with E-state index in [-0.39, 0.29) is 0 Å². The lowest BCUT2D eigenvalue weighted by Crippen LogP contribution is -1.95. The van der Waals surface area contributed by atoms with E-state index in [1.54, 1.807) is 0 Å². The van der Waals surface area contributed by atoms with E-state index >= 15 is 0 Å². The van der Waals surface area contributed by atoms with Crippen molar-refractivity contribution in [2.75, 3.05) is 13.1 Å². The first kappa shape index (κ1) is 3.12. The summed E-state index contributed by atoms with van der Waals surface area (Å²) >= 11 is 0. The minimum Gasteiger partial charge on any atom is -0.597 e. The molecule has 0 bridgehead atoms. The second-order valence-electron chi connectivity index (χ2n) is 1.14. The van der Waals surface area contributed by atoms with Crippen molar-refractivity contribution in [3.63, 3.8) is 0 Å². The van der Waals surface area contributed by atoms with E-state index in [4.69, 9.17) is 0 Å². The van der Waals surface area contributed by atoms with Gasteiger partial charge in [0.05, 0.1) is 0 Å². The highest BCUT2D eigenvalue weighted by molar-refractivity contribution is 4.78. The molecular formula is C3H7N2-. The standard InChI is InChI=1S/C3H7N2/c1-2-4-5-3-1/h4H,1-3H2/q-1. The second-order valence-corrected chi connectivity index (χ2v) is 1.14. The molecule has 0 aliphatic carbocycles. The van der Waals surface area contributed by atoms with Crippen LogP contribution < -0.4 is 5.43 Å². The van der Waals surface area contributed by atoms with Crippen molar-refractivity contribution in [1.82, 2.24) is 5.43 Å². The zero-order valence-electron chi connectivity index (χ0n) is 3.07. The fourth-order valence-electron chi connectivity index (χ4n) is 0.395. The Labute approximate surface area is 31.5 Å². The van der Waals surface area contributed by atoms with E-state index in [1.807, 2.05) is 0 Å². The van der Waals surface area contributed by atoms with Crippen molar-refractivity contribution in [3.8, 4) is 0 Å². The molecule has 0 spiro atoms. The third kappa shape index (κ3) is 0.597. The van der Waals surface area contributed by atoms with E-state index in [1.165, 1.54) is 6.42 Å². The Balaban J connectivity index is 2.08. The maximum absolute atomic E-state index is 3.83. The highest BCUT2D eigenvalue weighted by atomic mass is 15.4. The van der Waals surface area contributed by atoms with Crippen LogP contribution in [0.1, 0.15) is 6.42 Å². The van der Waals surface area contributed by atoms with Crippen LogP contribution >= 0.6 is 0 Å². The molecule has 1 rings (SSSR count). The van der Waals surface area contributed by atoms with Gasteiger partial charge in [0, 0.05) is 0 Å². The van der Waals surface area contributed by atoms with E-state index < -0.39 is 0 Å². The lowest BCUT2D eigenvalue weighted by Gasteiger charge is -2.03. The Morgan fingerprint density at radius 1 is 1.60 bits per heavy atom. The molecule has 0 atom stereocenters. The van der Waals surface area contributed by atoms with Crippen LogP contribution in [0.5, 0.6) is 0 Å². The monoisotopic (exact) mass is 71.1 g/mol. The zero-order valence-corrected chi connectivity index (χ0v) is 3.07. The minimum absolute atomic E-state index is 1.01. The van der Waals surface area contributed by atoms with Gasteiger partial charge in [-0.2, -0.15) is 0 Å². The van der Waals surface area contributed by atoms with Gasteiger partial charge in [-0.3, -0.25) is 0 Å². The highest BCUT2D eigenvalue weighted by Gasteiger charge is 1.79. The molecule has 0 amide bonds. The van der Waals surface area contributed by atoms with Gasteiger partial charge < -0.3 is 10.9 Å². The molecule has 1 saturated heterocycles. The molecule has 1 aliphatic rings. The van der Waals surface area contributed by atoms with Gasteiger partial charge in [-0.25, -0.2) is 0 Å². The van der Waals surface area contributed by atoms with Gasteiger partial charge >= 0.3 is 0 Å². The van der Waals surface area contributed by atoms with E-state index in [9.17, 15) is 0 Å². The Morgan fingerprint density at radius 2 is 2.60 bits per heavy atom. The summed E-state index contributed by atoms with van der Waals surface area (Å²) < 4.78 is 0. The Hall–Kier alpha value is -0.0800. The molecule has 0 unspecified atom stereocenters. The summed E-state index contributed by atoms with van der Waals surface area (Å²) in [5.74, 6) is 0. The van der Waals surface area contributed by atoms with Crippen LogP contribution in [-0.2, 0) is 0 Å². The first-order valence-electron chi connectivity index (χ1n) is 1.89. The fraction of sp³-hybridized carbons (Fsp3) is 1.00. The van der Waals surface area contributed by atoms with Gasteiger partial charge in [-0.05, 0) is 6.54 Å². The average molecular weight is 71.1 g/mol. The maximum Gasteiger partial charge on any atom is -0.0237 e. The summed E-state index contributed by atoms with van der Waals surface area (Å²) in [5, 5.41) is 0. The Bertz CT molecular complexity index is 16.5. The van der Waals surface area contributed by atoms with Crippen LogP contribution in [0.3, 0.4) is 0 Å². The zero-order chi connectivity index (χ0) is 3.54. The van der Waals surface area contributed by atoms with Gasteiger partial charge in [-0.1, -0.05) is 6.42 Å². The first-order valence-corrected chi connectivity index (χ1v) is 1.89. The van der Waals surface area contributed by atoms with Crippen LogP contribution in [0.15, 0.2) is 0 Å². The predicted molar refractivity (Wildman–Crippen MR) is 20.8 cm³/mol. The van der Waals surface area contributed by atoms with Crippen molar-refractivity contribution in [2.45, 2.75) is 6.42 Å². The maximum atomic E-state index is 3.83. The molecule has 0 saturated carbocycles. The number of nitrogens with one attached hydrogen (secondary N) is 1. The first-order chi connectivity index (χ1) is 2.50. The number of hydrogen-bond donors (Lipinski definition) is 1. The van der Waals surface area contributed by atoms with Crippen molar-refractivity contribution < 1.29 is 0 Å². The summed E-state index contributed by atoms with van der Waals surface area (Å²) in [6, 6.07) is 0. The molecule has 5 heavy (non-hydrogen) atoms. The van der Waals surface area contributed by atoms with Gasteiger partial charge in [-0.15, -0.1) is 6.54 Å². The minimum atomic E-state index is 1.01. The molecule has 0 aromatic rings. The van der Waals surface area contributed by atoms with Gasteiger partial charge in [0.25, 0.3) is 0 Å². The molecule has 1 N–H and O–H groups in total. The van der Waals surface area contributed by atoms with Crippen LogP contribution in [0, 0.1) is 0 Å². The number of nitrogens with zero attached hydrogens (tertiary/aromatic N) is 1. The lowest BCUT2D eigenvalue weighted by molar-refractivity contribution is 0.914. The number of rotatable bonds is 0. The van der Waals surface area contributed by atoms with Gasteiger partial charge in [0.2, 0.25) is 0 Å². The molecule has 1 aliphatic heterocycles. The molecule has 0 aromatic carbocycles. The summed E-state index contributed by atoms with van der Waals surface area (Å²) in [6.45, 7) is 2.10. The van der Waals surface area contributed by atoms with Crippen molar-refractivity contribution >= 4 is 0 Å². The van der Waals surface area contributed by atoms with Crippen LogP contribution in [0.4, 0.5) is 0 Å². The summed E-state index contributed by atoms with van der Waals surface area (Å²) in [5.41, 5.74) is 6.68. The van der Waals surface area contributed by atoms with Crippen LogP contribution in [0.2, 0.25) is 0 Å². The lowest BCUT2D eigenvalue weighted by atomic mass is 10.5. The summed E-state index contributed by atoms with van der Waals surface area (Å²) in [6.07, 6.45) is 1.22. The third-order valence-electron chi connectivity index (χ3n) is 0.670. The molecule has 30 valence electrons. The highest BCUT2D eigenvalue weighted by Crippen LogP contribution is 1.91. The van der Waals surface area contributed by atoms with Gasteiger partial charge in [0.15, 0.2) is 0 Å². The van der Waals surface area contributed by atoms with E-state index in [2.05, 4.69) is 10.9 Å². The van der Waals surface area contributed by atoms with Crippen molar-refractivity contribution in [2.24, 2.45) is 0 Å². The average Bonchev–Trinajstić information content (AvgIpc) is 1.76. The quantitative estimate of drug-likeness (QED) is 0.436. The molecule has 1 heterocycles. The molecule has 0 radical (unpaired) electrons. The van der Waals surface area contributed by atoms with Gasteiger partial charge in [0.1, 0.15) is 0 Å². The smallest absolute Gasteiger partial charge is 0.0237 e. The molecule has 2 nitrogen and oxygen atoms in total. The Morgan fingerprint density at radius 3 is 2.80 bits per heavy atom. The van der Waals surface area contributed by atoms with Crippen molar-refractivity contribution in [3.05, 3.63) is 5.43 Å². The molecule has 2 heteroatoms. The molecule has 1 fully saturated rings. The van der Waals surface area contributed by atoms with Crippen LogP contribution in [-0.4, -0.2) is 13.1 Å². The molecule has 0 aromatic heterocycles. The second kappa shape index (κ2) is 1.38. The largest absolute Gasteiger partial charge is 0.597 e. The predicted octanol–water partition coefficient (Wildman–Crippen LogP) is 0.268. The third-order valence-corrected chi connectivity index (χ3v) is 0.670. The summed E-state index contributed by atoms with van der Waals surface area (Å²) in [4.78, 5) is 0. The fourth-order valence-corrected chi connectivity index (χ4v) is 0.395. The van der Waals surface area contributed by atoms with Crippen molar-refractivity contribution in [1.29, 1.82) is 0 Å². The van der Waals surface area contributed by atoms with E-state index in [0.717, 1.165) is 13.1 Å². The Kier molecular flexibility index (Phi) is 0.862. The SMILES string of the molecule is C1C[N-]NC1. The number of hydrogen-bond acceptors (Lipinski definition) is 1. The topological polar surface area (TPSA) is 26.1 Å². The summed E-state index contributed by atoms with van der Waals surface area (Å²) in [7, 11) is 0. The normalized spacial score (nSPS) is 24.0. The molecular weight excluding hydrogens is 64.0 g/mol. The van der Waals surface area contributed by atoms with Crippen LogP contribution in [0.25, 0.3) is 5.43 Å². The van der Waals surface area contributed by atoms with E-state index in [0.29, 0.717) is 0 Å².